The Morgan fingerprint density at radius 2 is 1.93 bits per heavy atom. The minimum atomic E-state index is -0.128. The number of likely N-dealkylation sites (N-methyl/N-ethyl adjacent to an activating group) is 1. The zero-order valence-corrected chi connectivity index (χ0v) is 15.4. The molecule has 1 N–H and O–H groups in total. The Morgan fingerprint density at radius 1 is 1.15 bits per heavy atom. The average Bonchev–Trinajstić information content (AvgIpc) is 3.18. The molecule has 2 amide bonds. The third-order valence-electron chi connectivity index (χ3n) is 5.25. The fraction of sp³-hybridized carbons (Fsp3) is 0.400. The van der Waals surface area contributed by atoms with Crippen LogP contribution in [0.4, 0.5) is 5.69 Å². The molecule has 1 fully saturated rings. The molecular formula is C20H24N3O4+. The first-order valence-corrected chi connectivity index (χ1v) is 9.39. The van der Waals surface area contributed by atoms with Crippen LogP contribution in [0.5, 0.6) is 5.75 Å². The van der Waals surface area contributed by atoms with Crippen LogP contribution in [0, 0.1) is 0 Å². The zero-order valence-electron chi connectivity index (χ0n) is 15.4. The number of furan rings is 1. The molecule has 3 heterocycles. The number of hydrogen-bond donors (Lipinski definition) is 1. The van der Waals surface area contributed by atoms with Crippen LogP contribution in [0.15, 0.2) is 40.8 Å². The monoisotopic (exact) mass is 370 g/mol. The fourth-order valence-electron chi connectivity index (χ4n) is 3.60. The van der Waals surface area contributed by atoms with Crippen molar-refractivity contribution in [2.24, 2.45) is 0 Å². The van der Waals surface area contributed by atoms with Gasteiger partial charge in [-0.15, -0.1) is 0 Å². The Morgan fingerprint density at radius 3 is 2.70 bits per heavy atom. The SMILES string of the molecule is CC[NH+]1CCN(C(=O)c2ccc(CN3C(=O)COc4ccccc43)o2)CC1. The molecule has 0 saturated carbocycles. The van der Waals surface area contributed by atoms with Crippen LogP contribution < -0.4 is 14.5 Å². The zero-order chi connectivity index (χ0) is 18.8. The molecule has 1 saturated heterocycles. The maximum absolute atomic E-state index is 12.7. The summed E-state index contributed by atoms with van der Waals surface area (Å²) in [4.78, 5) is 30.0. The number of quaternary nitrogens is 1. The van der Waals surface area contributed by atoms with E-state index in [9.17, 15) is 9.59 Å². The van der Waals surface area contributed by atoms with Gasteiger partial charge in [-0.1, -0.05) is 12.1 Å². The van der Waals surface area contributed by atoms with Gasteiger partial charge in [-0.05, 0) is 31.2 Å². The first kappa shape index (κ1) is 17.6. The highest BCUT2D eigenvalue weighted by molar-refractivity contribution is 5.97. The molecule has 0 atom stereocenters. The molecular weight excluding hydrogens is 346 g/mol. The quantitative estimate of drug-likeness (QED) is 0.854. The van der Waals surface area contributed by atoms with Gasteiger partial charge < -0.3 is 19.0 Å². The number of para-hydroxylation sites is 2. The number of piperazine rings is 1. The van der Waals surface area contributed by atoms with Crippen molar-refractivity contribution in [3.63, 3.8) is 0 Å². The highest BCUT2D eigenvalue weighted by Gasteiger charge is 2.28. The number of amides is 2. The number of ether oxygens (including phenoxy) is 1. The summed E-state index contributed by atoms with van der Waals surface area (Å²) >= 11 is 0. The van der Waals surface area contributed by atoms with E-state index in [1.807, 2.05) is 29.2 Å². The van der Waals surface area contributed by atoms with E-state index in [2.05, 4.69) is 6.92 Å². The van der Waals surface area contributed by atoms with Crippen molar-refractivity contribution in [3.8, 4) is 5.75 Å². The third-order valence-corrected chi connectivity index (χ3v) is 5.25. The van der Waals surface area contributed by atoms with E-state index < -0.39 is 0 Å². The molecule has 0 spiro atoms. The van der Waals surface area contributed by atoms with E-state index in [1.165, 1.54) is 4.90 Å². The maximum atomic E-state index is 12.7. The van der Waals surface area contributed by atoms with Crippen molar-refractivity contribution in [1.82, 2.24) is 4.90 Å². The van der Waals surface area contributed by atoms with E-state index >= 15 is 0 Å². The number of carbonyl (C=O) groups excluding carboxylic acids is 2. The molecule has 2 aliphatic rings. The first-order valence-electron chi connectivity index (χ1n) is 9.39. The van der Waals surface area contributed by atoms with Crippen LogP contribution in [0.3, 0.4) is 0 Å². The summed E-state index contributed by atoms with van der Waals surface area (Å²) in [5, 5.41) is 0. The van der Waals surface area contributed by atoms with E-state index in [1.54, 1.807) is 17.0 Å². The Balaban J connectivity index is 1.46. The summed E-state index contributed by atoms with van der Waals surface area (Å²) in [6.45, 7) is 6.96. The number of hydrogen-bond acceptors (Lipinski definition) is 4. The van der Waals surface area contributed by atoms with Crippen LogP contribution in [0.1, 0.15) is 23.2 Å². The van der Waals surface area contributed by atoms with Crippen LogP contribution in [0.25, 0.3) is 0 Å². The topological polar surface area (TPSA) is 67.4 Å². The second-order valence-electron chi connectivity index (χ2n) is 6.90. The lowest BCUT2D eigenvalue weighted by atomic mass is 10.2. The number of fused-ring (bicyclic) bond motifs is 1. The molecule has 0 radical (unpaired) electrons. The number of nitrogens with zero attached hydrogens (tertiary/aromatic N) is 2. The number of carbonyl (C=O) groups is 2. The van der Waals surface area contributed by atoms with Crippen LogP contribution in [0.2, 0.25) is 0 Å². The Bertz CT molecular complexity index is 839. The lowest BCUT2D eigenvalue weighted by Gasteiger charge is -2.31. The summed E-state index contributed by atoms with van der Waals surface area (Å²) in [6.07, 6.45) is 0. The van der Waals surface area contributed by atoms with Gasteiger partial charge in [0.25, 0.3) is 11.8 Å². The van der Waals surface area contributed by atoms with Gasteiger partial charge in [0, 0.05) is 0 Å². The van der Waals surface area contributed by atoms with E-state index in [0.717, 1.165) is 38.4 Å². The summed E-state index contributed by atoms with van der Waals surface area (Å²) in [6, 6.07) is 10.9. The van der Waals surface area contributed by atoms with Gasteiger partial charge in [0.1, 0.15) is 11.5 Å². The number of rotatable bonds is 4. The van der Waals surface area contributed by atoms with Gasteiger partial charge in [-0.2, -0.15) is 0 Å². The number of benzene rings is 1. The lowest BCUT2D eigenvalue weighted by Crippen LogP contribution is -3.14. The molecule has 2 aliphatic heterocycles. The normalized spacial score (nSPS) is 17.6. The van der Waals surface area contributed by atoms with Crippen molar-refractivity contribution in [1.29, 1.82) is 0 Å². The largest absolute Gasteiger partial charge is 0.482 e. The molecule has 27 heavy (non-hydrogen) atoms. The summed E-state index contributed by atoms with van der Waals surface area (Å²) in [5.41, 5.74) is 0.719. The summed E-state index contributed by atoms with van der Waals surface area (Å²) in [7, 11) is 0. The molecule has 142 valence electrons. The van der Waals surface area contributed by atoms with Crippen molar-refractivity contribution in [2.45, 2.75) is 13.5 Å². The van der Waals surface area contributed by atoms with Gasteiger partial charge in [0.2, 0.25) is 0 Å². The highest BCUT2D eigenvalue weighted by atomic mass is 16.5. The van der Waals surface area contributed by atoms with E-state index in [-0.39, 0.29) is 25.0 Å². The Labute approximate surface area is 158 Å². The van der Waals surface area contributed by atoms with E-state index in [0.29, 0.717) is 17.3 Å². The van der Waals surface area contributed by atoms with Crippen LogP contribution in [-0.2, 0) is 11.3 Å². The average molecular weight is 370 g/mol. The first-order chi connectivity index (χ1) is 13.2. The van der Waals surface area contributed by atoms with Gasteiger partial charge in [0.05, 0.1) is 45.0 Å². The van der Waals surface area contributed by atoms with E-state index in [4.69, 9.17) is 9.15 Å². The molecule has 0 unspecified atom stereocenters. The highest BCUT2D eigenvalue weighted by Crippen LogP contribution is 2.32. The Kier molecular flexibility index (Phi) is 4.85. The number of anilines is 1. The van der Waals surface area contributed by atoms with Crippen molar-refractivity contribution in [2.75, 3.05) is 44.2 Å². The Hall–Kier alpha value is -2.80. The molecule has 7 nitrogen and oxygen atoms in total. The van der Waals surface area contributed by atoms with Crippen LogP contribution in [-0.4, -0.2) is 56.0 Å². The number of nitrogens with one attached hydrogen (secondary N) is 1. The fourth-order valence-corrected chi connectivity index (χ4v) is 3.60. The standard InChI is InChI=1S/C20H23N3O4/c1-2-21-9-11-22(12-10-21)20(25)18-8-7-15(27-18)13-23-16-5-3-4-6-17(16)26-14-19(23)24/h3-8H,2,9-14H2,1H3/p+1. The van der Waals surface area contributed by atoms with Crippen LogP contribution >= 0.6 is 0 Å². The second-order valence-corrected chi connectivity index (χ2v) is 6.90. The third kappa shape index (κ3) is 3.55. The molecule has 0 bridgehead atoms. The maximum Gasteiger partial charge on any atom is 0.289 e. The lowest BCUT2D eigenvalue weighted by molar-refractivity contribution is -0.902. The molecule has 1 aromatic carbocycles. The van der Waals surface area contributed by atoms with Gasteiger partial charge >= 0.3 is 0 Å². The predicted octanol–water partition coefficient (Wildman–Crippen LogP) is 0.566. The van der Waals surface area contributed by atoms with Crippen molar-refractivity contribution < 1.29 is 23.6 Å². The predicted molar refractivity (Wildman–Crippen MR) is 99.0 cm³/mol. The summed E-state index contributed by atoms with van der Waals surface area (Å²) in [5.74, 6) is 1.39. The van der Waals surface area contributed by atoms with Gasteiger partial charge in [0.15, 0.2) is 12.4 Å². The minimum Gasteiger partial charge on any atom is -0.482 e. The molecule has 2 aromatic rings. The van der Waals surface area contributed by atoms with Crippen molar-refractivity contribution >= 4 is 17.5 Å². The smallest absolute Gasteiger partial charge is 0.289 e. The minimum absolute atomic E-state index is 0.00749. The molecule has 4 rings (SSSR count). The van der Waals surface area contributed by atoms with Crippen molar-refractivity contribution in [3.05, 3.63) is 47.9 Å². The summed E-state index contributed by atoms with van der Waals surface area (Å²) < 4.78 is 11.2. The second kappa shape index (κ2) is 7.44. The molecule has 7 heteroatoms. The van der Waals surface area contributed by atoms with Gasteiger partial charge in [-0.3, -0.25) is 14.5 Å². The van der Waals surface area contributed by atoms with Gasteiger partial charge in [-0.25, -0.2) is 0 Å². The molecule has 0 aliphatic carbocycles. The molecule has 1 aromatic heterocycles.